The lowest BCUT2D eigenvalue weighted by molar-refractivity contribution is 0.107. The summed E-state index contributed by atoms with van der Waals surface area (Å²) in [5, 5.41) is 7.20. The smallest absolute Gasteiger partial charge is 0.166 e. The van der Waals surface area contributed by atoms with Gasteiger partial charge >= 0.3 is 0 Å². The van der Waals surface area contributed by atoms with Crippen LogP contribution in [0.25, 0.3) is 0 Å². The van der Waals surface area contributed by atoms with Gasteiger partial charge in [0.25, 0.3) is 0 Å². The Kier molecular flexibility index (Phi) is 8.04. The first kappa shape index (κ1) is 20.1. The minimum atomic E-state index is 0.613. The summed E-state index contributed by atoms with van der Waals surface area (Å²) in [6, 6.07) is 29.1. The summed E-state index contributed by atoms with van der Waals surface area (Å²) in [4.78, 5) is 0. The summed E-state index contributed by atoms with van der Waals surface area (Å²) in [6.07, 6.45) is 0.959. The molecule has 0 unspecified atom stereocenters. The van der Waals surface area contributed by atoms with Crippen molar-refractivity contribution in [2.75, 3.05) is 6.54 Å². The van der Waals surface area contributed by atoms with Crippen LogP contribution in [0, 0.1) is 0 Å². The van der Waals surface area contributed by atoms with E-state index in [2.05, 4.69) is 71.3 Å². The van der Waals surface area contributed by atoms with E-state index in [1.165, 1.54) is 22.3 Å². The first-order chi connectivity index (χ1) is 13.8. The number of thiocarbonyl (C=S) groups is 1. The number of hydrogen-bond acceptors (Lipinski definition) is 2. The van der Waals surface area contributed by atoms with Crippen LogP contribution in [0.2, 0.25) is 0 Å². The van der Waals surface area contributed by atoms with Gasteiger partial charge in [-0.05, 0) is 40.9 Å². The van der Waals surface area contributed by atoms with Crippen LogP contribution in [-0.4, -0.2) is 11.7 Å². The second-order valence-corrected chi connectivity index (χ2v) is 7.05. The zero-order valence-corrected chi connectivity index (χ0v) is 16.8. The Balaban J connectivity index is 1.33. The van der Waals surface area contributed by atoms with Crippen LogP contribution >= 0.6 is 12.2 Å². The van der Waals surface area contributed by atoms with E-state index < -0.39 is 0 Å². The summed E-state index contributed by atoms with van der Waals surface area (Å²) < 4.78 is 5.78. The molecule has 0 fully saturated rings. The normalized spacial score (nSPS) is 10.4. The van der Waals surface area contributed by atoms with Crippen LogP contribution in [0.15, 0.2) is 84.9 Å². The number of nitrogens with one attached hydrogen (secondary N) is 2. The molecule has 2 N–H and O–H groups in total. The van der Waals surface area contributed by atoms with Gasteiger partial charge in [-0.15, -0.1) is 0 Å². The van der Waals surface area contributed by atoms with Crippen molar-refractivity contribution in [1.29, 1.82) is 0 Å². The van der Waals surface area contributed by atoms with E-state index in [0.29, 0.717) is 24.9 Å². The first-order valence-electron chi connectivity index (χ1n) is 9.55. The fourth-order valence-corrected chi connectivity index (χ4v) is 3.00. The highest BCUT2D eigenvalue weighted by molar-refractivity contribution is 7.80. The Morgan fingerprint density at radius 3 is 1.82 bits per heavy atom. The highest BCUT2D eigenvalue weighted by atomic mass is 32.1. The van der Waals surface area contributed by atoms with E-state index in [0.717, 1.165) is 13.0 Å². The van der Waals surface area contributed by atoms with Crippen molar-refractivity contribution >= 4 is 17.3 Å². The molecule has 0 saturated heterocycles. The van der Waals surface area contributed by atoms with Crippen molar-refractivity contribution in [3.8, 4) is 0 Å². The Hall–Kier alpha value is -2.69. The van der Waals surface area contributed by atoms with E-state index in [-0.39, 0.29) is 0 Å². The Labute approximate surface area is 172 Å². The maximum Gasteiger partial charge on any atom is 0.166 e. The standard InChI is InChI=1S/C24H26N2OS/c28-24(25-16-15-20-7-3-1-4-8-20)26-17-21-11-13-23(14-12-21)19-27-18-22-9-5-2-6-10-22/h1-14H,15-19H2,(H2,25,26,28). The van der Waals surface area contributed by atoms with Gasteiger partial charge in [0.2, 0.25) is 0 Å². The molecular formula is C24H26N2OS. The molecule has 0 bridgehead atoms. The number of ether oxygens (including phenoxy) is 1. The molecule has 3 aromatic rings. The molecule has 0 aliphatic heterocycles. The van der Waals surface area contributed by atoms with Crippen LogP contribution in [0.3, 0.4) is 0 Å². The Bertz CT molecular complexity index is 835. The quantitative estimate of drug-likeness (QED) is 0.523. The van der Waals surface area contributed by atoms with E-state index in [4.69, 9.17) is 17.0 Å². The number of hydrogen-bond donors (Lipinski definition) is 2. The molecule has 3 nitrogen and oxygen atoms in total. The highest BCUT2D eigenvalue weighted by Crippen LogP contribution is 2.08. The van der Waals surface area contributed by atoms with Crippen molar-refractivity contribution < 1.29 is 4.74 Å². The van der Waals surface area contributed by atoms with Crippen molar-refractivity contribution in [2.24, 2.45) is 0 Å². The summed E-state index contributed by atoms with van der Waals surface area (Å²) in [7, 11) is 0. The fourth-order valence-electron chi connectivity index (χ4n) is 2.82. The number of rotatable bonds is 9. The molecule has 0 atom stereocenters. The van der Waals surface area contributed by atoms with E-state index >= 15 is 0 Å². The second-order valence-electron chi connectivity index (χ2n) is 6.64. The van der Waals surface area contributed by atoms with E-state index in [1.54, 1.807) is 0 Å². The highest BCUT2D eigenvalue weighted by Gasteiger charge is 1.99. The first-order valence-corrected chi connectivity index (χ1v) is 9.95. The molecule has 3 aromatic carbocycles. The third kappa shape index (κ3) is 7.14. The molecule has 0 aliphatic rings. The lowest BCUT2D eigenvalue weighted by Crippen LogP contribution is -2.35. The maximum absolute atomic E-state index is 5.78. The molecule has 144 valence electrons. The Morgan fingerprint density at radius 2 is 1.18 bits per heavy atom. The van der Waals surface area contributed by atoms with Gasteiger partial charge in [-0.25, -0.2) is 0 Å². The minimum Gasteiger partial charge on any atom is -0.372 e. The van der Waals surface area contributed by atoms with E-state index in [1.807, 2.05) is 24.3 Å². The molecule has 0 saturated carbocycles. The fraction of sp³-hybridized carbons (Fsp3) is 0.208. The van der Waals surface area contributed by atoms with Crippen LogP contribution in [0.1, 0.15) is 22.3 Å². The topological polar surface area (TPSA) is 33.3 Å². The maximum atomic E-state index is 5.78. The van der Waals surface area contributed by atoms with Gasteiger partial charge in [0.1, 0.15) is 0 Å². The zero-order chi connectivity index (χ0) is 19.4. The minimum absolute atomic E-state index is 0.613. The molecule has 4 heteroatoms. The van der Waals surface area contributed by atoms with Gasteiger partial charge in [0.15, 0.2) is 5.11 Å². The van der Waals surface area contributed by atoms with Crippen LogP contribution < -0.4 is 10.6 Å². The summed E-state index contributed by atoms with van der Waals surface area (Å²) in [5.41, 5.74) is 4.86. The lowest BCUT2D eigenvalue weighted by Gasteiger charge is -2.11. The SMILES string of the molecule is S=C(NCCc1ccccc1)NCc1ccc(COCc2ccccc2)cc1. The third-order valence-electron chi connectivity index (χ3n) is 4.40. The molecule has 3 rings (SSSR count). The Morgan fingerprint density at radius 1 is 0.643 bits per heavy atom. The predicted molar refractivity (Wildman–Crippen MR) is 119 cm³/mol. The molecule has 0 aromatic heterocycles. The predicted octanol–water partition coefficient (Wildman–Crippen LogP) is 4.61. The van der Waals surface area contributed by atoms with Gasteiger partial charge < -0.3 is 15.4 Å². The zero-order valence-electron chi connectivity index (χ0n) is 15.9. The van der Waals surface area contributed by atoms with Crippen molar-refractivity contribution in [3.05, 3.63) is 107 Å². The summed E-state index contributed by atoms with van der Waals surface area (Å²) in [6.45, 7) is 2.78. The molecular weight excluding hydrogens is 364 g/mol. The number of benzene rings is 3. The molecule has 0 spiro atoms. The molecule has 0 heterocycles. The average molecular weight is 391 g/mol. The molecule has 28 heavy (non-hydrogen) atoms. The van der Waals surface area contributed by atoms with Crippen LogP contribution in [0.4, 0.5) is 0 Å². The van der Waals surface area contributed by atoms with Crippen molar-refractivity contribution in [3.63, 3.8) is 0 Å². The van der Waals surface area contributed by atoms with Gasteiger partial charge in [0.05, 0.1) is 13.2 Å². The summed E-state index contributed by atoms with van der Waals surface area (Å²) >= 11 is 5.36. The summed E-state index contributed by atoms with van der Waals surface area (Å²) in [5.74, 6) is 0. The van der Waals surface area contributed by atoms with Gasteiger partial charge in [-0.2, -0.15) is 0 Å². The second kappa shape index (κ2) is 11.2. The van der Waals surface area contributed by atoms with Crippen molar-refractivity contribution in [2.45, 2.75) is 26.2 Å². The van der Waals surface area contributed by atoms with Crippen molar-refractivity contribution in [1.82, 2.24) is 10.6 Å². The average Bonchev–Trinajstić information content (AvgIpc) is 2.75. The van der Waals surface area contributed by atoms with Crippen LogP contribution in [-0.2, 0) is 30.9 Å². The largest absolute Gasteiger partial charge is 0.372 e. The third-order valence-corrected chi connectivity index (χ3v) is 4.69. The van der Waals surface area contributed by atoms with Gasteiger partial charge in [-0.3, -0.25) is 0 Å². The van der Waals surface area contributed by atoms with E-state index in [9.17, 15) is 0 Å². The monoisotopic (exact) mass is 390 g/mol. The molecule has 0 aliphatic carbocycles. The molecule has 0 amide bonds. The van der Waals surface area contributed by atoms with Gasteiger partial charge in [-0.1, -0.05) is 84.9 Å². The van der Waals surface area contributed by atoms with Crippen LogP contribution in [0.5, 0.6) is 0 Å². The lowest BCUT2D eigenvalue weighted by atomic mass is 10.1. The molecule has 0 radical (unpaired) electrons. The van der Waals surface area contributed by atoms with Gasteiger partial charge in [0, 0.05) is 13.1 Å².